The highest BCUT2D eigenvalue weighted by Crippen LogP contribution is 2.27. The predicted octanol–water partition coefficient (Wildman–Crippen LogP) is 6.94. The molecule has 0 atom stereocenters. The molecule has 18 heavy (non-hydrogen) atoms. The van der Waals surface area contributed by atoms with Crippen LogP contribution in [0.25, 0.3) is 0 Å². The molecular formula is C18H37. The first-order valence-corrected chi connectivity index (χ1v) is 8.56. The summed E-state index contributed by atoms with van der Waals surface area (Å²) in [5.74, 6) is 2.64. The van der Waals surface area contributed by atoms with Gasteiger partial charge < -0.3 is 0 Å². The largest absolute Gasteiger partial charge is 0.0654 e. The fourth-order valence-corrected chi connectivity index (χ4v) is 2.61. The van der Waals surface area contributed by atoms with E-state index in [0.29, 0.717) is 0 Å². The van der Waals surface area contributed by atoms with Crippen LogP contribution in [-0.2, 0) is 0 Å². The lowest BCUT2D eigenvalue weighted by molar-refractivity contribution is 0.492. The highest BCUT2D eigenvalue weighted by molar-refractivity contribution is 4.92. The summed E-state index contributed by atoms with van der Waals surface area (Å²) in [5, 5.41) is 0. The standard InChI is InChI=1S/C18H37/c1-5-7-9-11-13-15-18(17(3)4)16-14-12-10-8-6-2/h17H,5-16H2,1-4H3. The van der Waals surface area contributed by atoms with Crippen molar-refractivity contribution in [2.24, 2.45) is 5.92 Å². The summed E-state index contributed by atoms with van der Waals surface area (Å²) in [6, 6.07) is 0. The zero-order valence-corrected chi connectivity index (χ0v) is 13.6. The Morgan fingerprint density at radius 1 is 0.611 bits per heavy atom. The highest BCUT2D eigenvalue weighted by Gasteiger charge is 2.12. The fourth-order valence-electron chi connectivity index (χ4n) is 2.61. The Hall–Kier alpha value is 0. The number of hydrogen-bond donors (Lipinski definition) is 0. The maximum atomic E-state index is 2.38. The molecule has 0 aromatic rings. The average Bonchev–Trinajstić information content (AvgIpc) is 2.35. The molecule has 0 N–H and O–H groups in total. The van der Waals surface area contributed by atoms with Gasteiger partial charge in [-0.3, -0.25) is 0 Å². The summed E-state index contributed by atoms with van der Waals surface area (Å²) < 4.78 is 0. The number of unbranched alkanes of at least 4 members (excludes halogenated alkanes) is 8. The maximum absolute atomic E-state index is 2.38. The second-order valence-electron chi connectivity index (χ2n) is 6.14. The molecule has 0 aliphatic heterocycles. The Bertz CT molecular complexity index is 134. The van der Waals surface area contributed by atoms with Crippen LogP contribution in [0.4, 0.5) is 0 Å². The van der Waals surface area contributed by atoms with Crippen LogP contribution in [0.1, 0.15) is 105 Å². The van der Waals surface area contributed by atoms with Crippen molar-refractivity contribution < 1.29 is 0 Å². The zero-order chi connectivity index (χ0) is 13.6. The molecule has 0 aliphatic rings. The van der Waals surface area contributed by atoms with E-state index < -0.39 is 0 Å². The van der Waals surface area contributed by atoms with Gasteiger partial charge in [-0.2, -0.15) is 0 Å². The first kappa shape index (κ1) is 18.0. The Balaban J connectivity index is 3.53. The Kier molecular flexibility index (Phi) is 13.4. The van der Waals surface area contributed by atoms with E-state index in [9.17, 15) is 0 Å². The summed E-state index contributed by atoms with van der Waals surface area (Å²) in [4.78, 5) is 0. The van der Waals surface area contributed by atoms with Gasteiger partial charge in [-0.15, -0.1) is 0 Å². The molecule has 0 nitrogen and oxygen atoms in total. The van der Waals surface area contributed by atoms with E-state index in [2.05, 4.69) is 27.7 Å². The molecule has 0 amide bonds. The lowest BCUT2D eigenvalue weighted by atomic mass is 9.85. The van der Waals surface area contributed by atoms with E-state index in [1.165, 1.54) is 77.0 Å². The van der Waals surface area contributed by atoms with Gasteiger partial charge in [-0.25, -0.2) is 0 Å². The van der Waals surface area contributed by atoms with Gasteiger partial charge in [0.1, 0.15) is 0 Å². The van der Waals surface area contributed by atoms with Crippen molar-refractivity contribution in [2.75, 3.05) is 0 Å². The molecule has 0 fully saturated rings. The van der Waals surface area contributed by atoms with Crippen molar-refractivity contribution in [3.05, 3.63) is 5.92 Å². The van der Waals surface area contributed by atoms with Crippen molar-refractivity contribution in [1.29, 1.82) is 0 Å². The minimum absolute atomic E-state index is 0.808. The molecule has 1 radical (unpaired) electrons. The number of hydrogen-bond acceptors (Lipinski definition) is 0. The SMILES string of the molecule is CCCCCCC[C](CCCCCCC)C(C)C. The first-order chi connectivity index (χ1) is 8.72. The Labute approximate surface area is 117 Å². The van der Waals surface area contributed by atoms with Crippen LogP contribution >= 0.6 is 0 Å². The second-order valence-corrected chi connectivity index (χ2v) is 6.14. The van der Waals surface area contributed by atoms with Crippen LogP contribution < -0.4 is 0 Å². The zero-order valence-electron chi connectivity index (χ0n) is 13.6. The summed E-state index contributed by atoms with van der Waals surface area (Å²) in [7, 11) is 0. The third-order valence-electron chi connectivity index (χ3n) is 4.02. The summed E-state index contributed by atoms with van der Waals surface area (Å²) in [6.45, 7) is 9.35. The van der Waals surface area contributed by atoms with Gasteiger partial charge in [0.25, 0.3) is 0 Å². The topological polar surface area (TPSA) is 0 Å². The molecule has 0 heteroatoms. The van der Waals surface area contributed by atoms with Crippen molar-refractivity contribution in [1.82, 2.24) is 0 Å². The van der Waals surface area contributed by atoms with Gasteiger partial charge in [-0.05, 0) is 24.7 Å². The third kappa shape index (κ3) is 11.1. The van der Waals surface area contributed by atoms with E-state index in [1.54, 1.807) is 0 Å². The van der Waals surface area contributed by atoms with Crippen molar-refractivity contribution >= 4 is 0 Å². The third-order valence-corrected chi connectivity index (χ3v) is 4.02. The van der Waals surface area contributed by atoms with Crippen molar-refractivity contribution in [2.45, 2.75) is 105 Å². The average molecular weight is 253 g/mol. The van der Waals surface area contributed by atoms with Gasteiger partial charge in [-0.1, -0.05) is 91.9 Å². The molecule has 109 valence electrons. The minimum atomic E-state index is 0.808. The van der Waals surface area contributed by atoms with Gasteiger partial charge in [0.2, 0.25) is 0 Å². The van der Waals surface area contributed by atoms with E-state index in [1.807, 2.05) is 5.92 Å². The lowest BCUT2D eigenvalue weighted by Gasteiger charge is -2.20. The van der Waals surface area contributed by atoms with E-state index in [0.717, 1.165) is 5.92 Å². The maximum Gasteiger partial charge on any atom is -0.0215 e. The van der Waals surface area contributed by atoms with Gasteiger partial charge in [0.15, 0.2) is 0 Å². The number of rotatable bonds is 13. The highest BCUT2D eigenvalue weighted by atomic mass is 14.2. The van der Waals surface area contributed by atoms with E-state index >= 15 is 0 Å². The van der Waals surface area contributed by atoms with Crippen molar-refractivity contribution in [3.8, 4) is 0 Å². The summed E-state index contributed by atoms with van der Waals surface area (Å²) in [5.41, 5.74) is 0. The van der Waals surface area contributed by atoms with Crippen LogP contribution in [-0.4, -0.2) is 0 Å². The molecule has 0 rings (SSSR count). The van der Waals surface area contributed by atoms with Crippen LogP contribution in [0, 0.1) is 11.8 Å². The predicted molar refractivity (Wildman–Crippen MR) is 84.8 cm³/mol. The molecule has 0 bridgehead atoms. The monoisotopic (exact) mass is 253 g/mol. The molecule has 0 aromatic carbocycles. The molecule has 0 saturated carbocycles. The lowest BCUT2D eigenvalue weighted by Crippen LogP contribution is -2.06. The fraction of sp³-hybridized carbons (Fsp3) is 0.944. The Morgan fingerprint density at radius 2 is 1.00 bits per heavy atom. The molecule has 0 saturated heterocycles. The van der Waals surface area contributed by atoms with Crippen LogP contribution in [0.3, 0.4) is 0 Å². The normalized spacial score (nSPS) is 11.7. The second kappa shape index (κ2) is 13.4. The molecular weight excluding hydrogens is 216 g/mol. The summed E-state index contributed by atoms with van der Waals surface area (Å²) >= 11 is 0. The van der Waals surface area contributed by atoms with E-state index in [-0.39, 0.29) is 0 Å². The van der Waals surface area contributed by atoms with Crippen LogP contribution in [0.5, 0.6) is 0 Å². The Morgan fingerprint density at radius 3 is 1.33 bits per heavy atom. The van der Waals surface area contributed by atoms with Crippen LogP contribution in [0.15, 0.2) is 0 Å². The minimum Gasteiger partial charge on any atom is -0.0654 e. The van der Waals surface area contributed by atoms with Crippen molar-refractivity contribution in [3.63, 3.8) is 0 Å². The molecule has 0 heterocycles. The molecule has 0 aliphatic carbocycles. The van der Waals surface area contributed by atoms with Gasteiger partial charge >= 0.3 is 0 Å². The quantitative estimate of drug-likeness (QED) is 0.312. The molecule has 0 unspecified atom stereocenters. The van der Waals surface area contributed by atoms with Gasteiger partial charge in [0.05, 0.1) is 0 Å². The molecule has 0 aromatic heterocycles. The van der Waals surface area contributed by atoms with E-state index in [4.69, 9.17) is 0 Å². The van der Waals surface area contributed by atoms with Crippen LogP contribution in [0.2, 0.25) is 0 Å². The summed E-state index contributed by atoms with van der Waals surface area (Å²) in [6.07, 6.45) is 17.0. The first-order valence-electron chi connectivity index (χ1n) is 8.56. The molecule has 0 spiro atoms. The smallest absolute Gasteiger partial charge is 0.0215 e. The van der Waals surface area contributed by atoms with Gasteiger partial charge in [0, 0.05) is 0 Å².